The number of carbonyl (C=O) groups is 1. The van der Waals surface area contributed by atoms with Gasteiger partial charge in [-0.05, 0) is 43.5 Å². The SMILES string of the molecule is CCN(CC(C)C)C(=O)c1ccc(NN)cc1C. The molecule has 18 heavy (non-hydrogen) atoms. The fourth-order valence-corrected chi connectivity index (χ4v) is 1.96. The summed E-state index contributed by atoms with van der Waals surface area (Å²) in [5.41, 5.74) is 5.09. The Kier molecular flexibility index (Phi) is 5.16. The molecule has 1 rings (SSSR count). The number of aryl methyl sites for hydroxylation is 1. The van der Waals surface area contributed by atoms with Crippen molar-refractivity contribution in [3.8, 4) is 0 Å². The predicted octanol–water partition coefficient (Wildman–Crippen LogP) is 2.40. The Balaban J connectivity index is 2.94. The first kappa shape index (κ1) is 14.5. The number of hydrogen-bond donors (Lipinski definition) is 2. The minimum absolute atomic E-state index is 0.0901. The quantitative estimate of drug-likeness (QED) is 0.622. The molecule has 0 unspecified atom stereocenters. The third kappa shape index (κ3) is 3.47. The van der Waals surface area contributed by atoms with Crippen LogP contribution < -0.4 is 11.3 Å². The van der Waals surface area contributed by atoms with Gasteiger partial charge in [0, 0.05) is 24.3 Å². The summed E-state index contributed by atoms with van der Waals surface area (Å²) in [6.45, 7) is 9.68. The lowest BCUT2D eigenvalue weighted by Crippen LogP contribution is -2.34. The van der Waals surface area contributed by atoms with Crippen LogP contribution in [0.2, 0.25) is 0 Å². The van der Waals surface area contributed by atoms with Crippen molar-refractivity contribution >= 4 is 11.6 Å². The number of anilines is 1. The van der Waals surface area contributed by atoms with Crippen LogP contribution in [0, 0.1) is 12.8 Å². The summed E-state index contributed by atoms with van der Waals surface area (Å²) >= 11 is 0. The van der Waals surface area contributed by atoms with Crippen LogP contribution in [0.15, 0.2) is 18.2 Å². The molecule has 0 fully saturated rings. The highest BCUT2D eigenvalue weighted by atomic mass is 16.2. The zero-order valence-electron chi connectivity index (χ0n) is 11.7. The lowest BCUT2D eigenvalue weighted by molar-refractivity contribution is 0.0745. The number of nitrogen functional groups attached to an aromatic ring is 1. The third-order valence-electron chi connectivity index (χ3n) is 2.88. The molecule has 0 aliphatic rings. The first-order chi connectivity index (χ1) is 8.49. The summed E-state index contributed by atoms with van der Waals surface area (Å²) in [6, 6.07) is 5.54. The van der Waals surface area contributed by atoms with Crippen molar-refractivity contribution in [3.63, 3.8) is 0 Å². The van der Waals surface area contributed by atoms with E-state index < -0.39 is 0 Å². The molecular formula is C14H23N3O. The standard InChI is InChI=1S/C14H23N3O/c1-5-17(9-10(2)3)14(18)13-7-6-12(16-15)8-11(13)4/h6-8,10,16H,5,9,15H2,1-4H3. The van der Waals surface area contributed by atoms with Crippen LogP contribution in [0.1, 0.15) is 36.7 Å². The van der Waals surface area contributed by atoms with Gasteiger partial charge in [-0.25, -0.2) is 0 Å². The van der Waals surface area contributed by atoms with Gasteiger partial charge in [-0.2, -0.15) is 0 Å². The molecule has 0 aromatic heterocycles. The van der Waals surface area contributed by atoms with Crippen molar-refractivity contribution in [2.75, 3.05) is 18.5 Å². The summed E-state index contributed by atoms with van der Waals surface area (Å²) in [5.74, 6) is 5.91. The first-order valence-electron chi connectivity index (χ1n) is 6.36. The topological polar surface area (TPSA) is 58.4 Å². The van der Waals surface area contributed by atoms with E-state index in [0.29, 0.717) is 5.92 Å². The van der Waals surface area contributed by atoms with E-state index in [4.69, 9.17) is 5.84 Å². The van der Waals surface area contributed by atoms with Crippen molar-refractivity contribution in [3.05, 3.63) is 29.3 Å². The Hall–Kier alpha value is -1.55. The molecular weight excluding hydrogens is 226 g/mol. The smallest absolute Gasteiger partial charge is 0.254 e. The van der Waals surface area contributed by atoms with Gasteiger partial charge in [0.2, 0.25) is 0 Å². The average molecular weight is 249 g/mol. The maximum Gasteiger partial charge on any atom is 0.254 e. The number of rotatable bonds is 5. The lowest BCUT2D eigenvalue weighted by Gasteiger charge is -2.24. The Morgan fingerprint density at radius 1 is 1.44 bits per heavy atom. The molecule has 3 N–H and O–H groups in total. The molecule has 1 aromatic rings. The minimum Gasteiger partial charge on any atom is -0.339 e. The maximum atomic E-state index is 12.4. The van der Waals surface area contributed by atoms with Gasteiger partial charge in [0.25, 0.3) is 5.91 Å². The second kappa shape index (κ2) is 6.40. The average Bonchev–Trinajstić information content (AvgIpc) is 2.34. The van der Waals surface area contributed by atoms with E-state index in [1.54, 1.807) is 0 Å². The van der Waals surface area contributed by atoms with Gasteiger partial charge in [0.15, 0.2) is 0 Å². The first-order valence-corrected chi connectivity index (χ1v) is 6.36. The second-order valence-electron chi connectivity index (χ2n) is 4.91. The minimum atomic E-state index is 0.0901. The number of nitrogens with zero attached hydrogens (tertiary/aromatic N) is 1. The van der Waals surface area contributed by atoms with Crippen molar-refractivity contribution in [1.29, 1.82) is 0 Å². The monoisotopic (exact) mass is 249 g/mol. The molecule has 0 bridgehead atoms. The molecule has 0 saturated heterocycles. The summed E-state index contributed by atoms with van der Waals surface area (Å²) in [5, 5.41) is 0. The van der Waals surface area contributed by atoms with Gasteiger partial charge in [-0.3, -0.25) is 10.6 Å². The number of nitrogens with one attached hydrogen (secondary N) is 1. The highest BCUT2D eigenvalue weighted by Gasteiger charge is 2.17. The highest BCUT2D eigenvalue weighted by Crippen LogP contribution is 2.16. The van der Waals surface area contributed by atoms with E-state index >= 15 is 0 Å². The molecule has 1 amide bonds. The zero-order valence-corrected chi connectivity index (χ0v) is 11.7. The van der Waals surface area contributed by atoms with E-state index in [0.717, 1.165) is 29.9 Å². The van der Waals surface area contributed by atoms with Crippen molar-refractivity contribution < 1.29 is 4.79 Å². The number of amides is 1. The van der Waals surface area contributed by atoms with Gasteiger partial charge in [-0.15, -0.1) is 0 Å². The normalized spacial score (nSPS) is 10.6. The molecule has 0 saturated carbocycles. The van der Waals surface area contributed by atoms with Crippen LogP contribution in [-0.4, -0.2) is 23.9 Å². The summed E-state index contributed by atoms with van der Waals surface area (Å²) < 4.78 is 0. The van der Waals surface area contributed by atoms with E-state index in [9.17, 15) is 4.79 Å². The van der Waals surface area contributed by atoms with Crippen molar-refractivity contribution in [2.45, 2.75) is 27.7 Å². The van der Waals surface area contributed by atoms with E-state index in [1.165, 1.54) is 0 Å². The fraction of sp³-hybridized carbons (Fsp3) is 0.500. The molecule has 0 spiro atoms. The van der Waals surface area contributed by atoms with Crippen LogP contribution >= 0.6 is 0 Å². The number of hydrogen-bond acceptors (Lipinski definition) is 3. The van der Waals surface area contributed by atoms with Crippen molar-refractivity contribution in [1.82, 2.24) is 4.90 Å². The largest absolute Gasteiger partial charge is 0.339 e. The molecule has 0 radical (unpaired) electrons. The molecule has 0 aliphatic heterocycles. The number of nitrogens with two attached hydrogens (primary N) is 1. The predicted molar refractivity (Wildman–Crippen MR) is 75.4 cm³/mol. The summed E-state index contributed by atoms with van der Waals surface area (Å²) in [7, 11) is 0. The highest BCUT2D eigenvalue weighted by molar-refractivity contribution is 5.96. The summed E-state index contributed by atoms with van der Waals surface area (Å²) in [6.07, 6.45) is 0. The van der Waals surface area contributed by atoms with E-state index in [-0.39, 0.29) is 5.91 Å². The van der Waals surface area contributed by atoms with Gasteiger partial charge in [-0.1, -0.05) is 13.8 Å². The van der Waals surface area contributed by atoms with Gasteiger partial charge in [0.05, 0.1) is 0 Å². The summed E-state index contributed by atoms with van der Waals surface area (Å²) in [4.78, 5) is 14.3. The van der Waals surface area contributed by atoms with Crippen LogP contribution in [0.4, 0.5) is 5.69 Å². The number of carbonyl (C=O) groups excluding carboxylic acids is 1. The maximum absolute atomic E-state index is 12.4. The van der Waals surface area contributed by atoms with Gasteiger partial charge < -0.3 is 10.3 Å². The molecule has 4 nitrogen and oxygen atoms in total. The van der Waals surface area contributed by atoms with Crippen LogP contribution in [-0.2, 0) is 0 Å². The Morgan fingerprint density at radius 3 is 2.56 bits per heavy atom. The lowest BCUT2D eigenvalue weighted by atomic mass is 10.1. The molecule has 0 atom stereocenters. The van der Waals surface area contributed by atoms with Gasteiger partial charge >= 0.3 is 0 Å². The molecule has 4 heteroatoms. The van der Waals surface area contributed by atoms with E-state index in [1.807, 2.05) is 36.9 Å². The van der Waals surface area contributed by atoms with Crippen LogP contribution in [0.5, 0.6) is 0 Å². The Labute approximate surface area is 109 Å². The van der Waals surface area contributed by atoms with Crippen LogP contribution in [0.3, 0.4) is 0 Å². The molecule has 0 aliphatic carbocycles. The second-order valence-corrected chi connectivity index (χ2v) is 4.91. The fourth-order valence-electron chi connectivity index (χ4n) is 1.96. The van der Waals surface area contributed by atoms with Gasteiger partial charge in [0.1, 0.15) is 0 Å². The Bertz CT molecular complexity index is 416. The molecule has 1 aromatic carbocycles. The van der Waals surface area contributed by atoms with Crippen LogP contribution in [0.25, 0.3) is 0 Å². The van der Waals surface area contributed by atoms with Crippen molar-refractivity contribution in [2.24, 2.45) is 11.8 Å². The van der Waals surface area contributed by atoms with E-state index in [2.05, 4.69) is 19.3 Å². The number of benzene rings is 1. The zero-order chi connectivity index (χ0) is 13.7. The number of hydrazine groups is 1. The molecule has 100 valence electrons. The Morgan fingerprint density at radius 2 is 2.11 bits per heavy atom. The third-order valence-corrected chi connectivity index (χ3v) is 2.88. The molecule has 0 heterocycles.